The van der Waals surface area contributed by atoms with Gasteiger partial charge in [-0.3, -0.25) is 0 Å². The maximum atomic E-state index is 9.77. The van der Waals surface area contributed by atoms with Crippen molar-refractivity contribution >= 4 is 18.6 Å². The molecule has 0 aliphatic carbocycles. The second-order valence-corrected chi connectivity index (χ2v) is 2.03. The first-order valence-electron chi connectivity index (χ1n) is 3.10. The molecular formula is C6H13ClO4. The van der Waals surface area contributed by atoms with Crippen LogP contribution in [0.1, 0.15) is 13.8 Å². The molecule has 5 heteroatoms. The molecule has 0 unspecified atom stereocenters. The SMILES string of the molecule is CC(C)OCCOC(=O)O.Cl. The Morgan fingerprint density at radius 3 is 2.36 bits per heavy atom. The van der Waals surface area contributed by atoms with E-state index in [0.29, 0.717) is 6.61 Å². The number of hydrogen-bond acceptors (Lipinski definition) is 3. The van der Waals surface area contributed by atoms with Gasteiger partial charge < -0.3 is 14.6 Å². The van der Waals surface area contributed by atoms with E-state index in [1.807, 2.05) is 13.8 Å². The highest BCUT2D eigenvalue weighted by Gasteiger charge is 1.96. The molecule has 0 aliphatic heterocycles. The van der Waals surface area contributed by atoms with Crippen molar-refractivity contribution in [3.63, 3.8) is 0 Å². The fourth-order valence-electron chi connectivity index (χ4n) is 0.413. The summed E-state index contributed by atoms with van der Waals surface area (Å²) in [5.74, 6) is 0. The van der Waals surface area contributed by atoms with Crippen LogP contribution in [-0.2, 0) is 9.47 Å². The van der Waals surface area contributed by atoms with E-state index in [4.69, 9.17) is 9.84 Å². The number of rotatable bonds is 4. The van der Waals surface area contributed by atoms with E-state index in [1.165, 1.54) is 0 Å². The second-order valence-electron chi connectivity index (χ2n) is 2.03. The molecule has 0 radical (unpaired) electrons. The Balaban J connectivity index is 0. The van der Waals surface area contributed by atoms with Crippen LogP contribution >= 0.6 is 12.4 Å². The lowest BCUT2D eigenvalue weighted by atomic mass is 10.5. The standard InChI is InChI=1S/C6H12O4.ClH/c1-5(2)9-3-4-10-6(7)8;/h5H,3-4H2,1-2H3,(H,7,8);1H. The van der Waals surface area contributed by atoms with Crippen LogP contribution in [0.4, 0.5) is 4.79 Å². The Morgan fingerprint density at radius 2 is 2.00 bits per heavy atom. The molecule has 0 amide bonds. The quantitative estimate of drug-likeness (QED) is 0.532. The molecular weight excluding hydrogens is 172 g/mol. The molecule has 0 aromatic carbocycles. The first kappa shape index (κ1) is 13.1. The Labute approximate surface area is 71.9 Å². The van der Waals surface area contributed by atoms with Crippen LogP contribution in [0.5, 0.6) is 0 Å². The molecule has 0 atom stereocenters. The lowest BCUT2D eigenvalue weighted by molar-refractivity contribution is 0.0245. The van der Waals surface area contributed by atoms with Crippen molar-refractivity contribution in [3.8, 4) is 0 Å². The summed E-state index contributed by atoms with van der Waals surface area (Å²) in [7, 11) is 0. The summed E-state index contributed by atoms with van der Waals surface area (Å²) in [5, 5.41) is 8.00. The van der Waals surface area contributed by atoms with Crippen molar-refractivity contribution in [2.24, 2.45) is 0 Å². The summed E-state index contributed by atoms with van der Waals surface area (Å²) in [6.45, 7) is 4.18. The molecule has 0 aromatic heterocycles. The first-order chi connectivity index (χ1) is 4.63. The van der Waals surface area contributed by atoms with Crippen molar-refractivity contribution in [2.45, 2.75) is 20.0 Å². The normalized spacial score (nSPS) is 9.00. The molecule has 0 aromatic rings. The highest BCUT2D eigenvalue weighted by molar-refractivity contribution is 5.85. The van der Waals surface area contributed by atoms with E-state index in [9.17, 15) is 4.79 Å². The molecule has 4 nitrogen and oxygen atoms in total. The third-order valence-corrected chi connectivity index (χ3v) is 0.760. The van der Waals surface area contributed by atoms with Gasteiger partial charge in [0.05, 0.1) is 12.7 Å². The summed E-state index contributed by atoms with van der Waals surface area (Å²) >= 11 is 0. The molecule has 0 spiro atoms. The summed E-state index contributed by atoms with van der Waals surface area (Å²) in [5.41, 5.74) is 0. The summed E-state index contributed by atoms with van der Waals surface area (Å²) in [6.07, 6.45) is -1.13. The minimum absolute atomic E-state index is 0. The summed E-state index contributed by atoms with van der Waals surface area (Å²) in [6, 6.07) is 0. The van der Waals surface area contributed by atoms with Crippen LogP contribution in [0.3, 0.4) is 0 Å². The third kappa shape index (κ3) is 12.7. The summed E-state index contributed by atoms with van der Waals surface area (Å²) < 4.78 is 9.19. The second kappa shape index (κ2) is 7.63. The Kier molecular flexibility index (Phi) is 9.10. The Hall–Kier alpha value is -0.480. The smallest absolute Gasteiger partial charge is 0.450 e. The molecule has 11 heavy (non-hydrogen) atoms. The number of carboxylic acid groups (broad SMARTS) is 1. The van der Waals surface area contributed by atoms with E-state index < -0.39 is 6.16 Å². The third-order valence-electron chi connectivity index (χ3n) is 0.760. The minimum atomic E-state index is -1.26. The van der Waals surface area contributed by atoms with Crippen LogP contribution in [0, 0.1) is 0 Å². The molecule has 0 bridgehead atoms. The predicted octanol–water partition coefficient (Wildman–Crippen LogP) is 1.53. The average molecular weight is 185 g/mol. The van der Waals surface area contributed by atoms with Crippen LogP contribution in [0.2, 0.25) is 0 Å². The van der Waals surface area contributed by atoms with Gasteiger partial charge in [0.2, 0.25) is 0 Å². The zero-order valence-corrected chi connectivity index (χ0v) is 7.39. The van der Waals surface area contributed by atoms with Crippen LogP contribution < -0.4 is 0 Å². The lowest BCUT2D eigenvalue weighted by Gasteiger charge is -2.05. The Bertz CT molecular complexity index is 105. The predicted molar refractivity (Wildman–Crippen MR) is 42.3 cm³/mol. The fraction of sp³-hybridized carbons (Fsp3) is 0.833. The molecule has 0 heterocycles. The van der Waals surface area contributed by atoms with Crippen LogP contribution in [-0.4, -0.2) is 30.6 Å². The zero-order valence-electron chi connectivity index (χ0n) is 6.57. The maximum absolute atomic E-state index is 9.77. The molecule has 0 aliphatic rings. The van der Waals surface area contributed by atoms with Crippen molar-refractivity contribution < 1.29 is 19.4 Å². The van der Waals surface area contributed by atoms with E-state index in [-0.39, 0.29) is 25.1 Å². The number of halogens is 1. The highest BCUT2D eigenvalue weighted by atomic mass is 35.5. The van der Waals surface area contributed by atoms with Gasteiger partial charge >= 0.3 is 6.16 Å². The van der Waals surface area contributed by atoms with Gasteiger partial charge in [-0.05, 0) is 13.8 Å². The van der Waals surface area contributed by atoms with Gasteiger partial charge in [0, 0.05) is 0 Å². The Morgan fingerprint density at radius 1 is 1.45 bits per heavy atom. The van der Waals surface area contributed by atoms with Gasteiger partial charge in [-0.15, -0.1) is 12.4 Å². The van der Waals surface area contributed by atoms with Crippen molar-refractivity contribution in [3.05, 3.63) is 0 Å². The molecule has 0 fully saturated rings. The fourth-order valence-corrected chi connectivity index (χ4v) is 0.413. The van der Waals surface area contributed by atoms with E-state index in [0.717, 1.165) is 0 Å². The van der Waals surface area contributed by atoms with Gasteiger partial charge in [0.15, 0.2) is 0 Å². The molecule has 1 N–H and O–H groups in total. The average Bonchev–Trinajstić information content (AvgIpc) is 1.79. The summed E-state index contributed by atoms with van der Waals surface area (Å²) in [4.78, 5) is 9.77. The van der Waals surface area contributed by atoms with E-state index in [2.05, 4.69) is 4.74 Å². The first-order valence-corrected chi connectivity index (χ1v) is 3.10. The van der Waals surface area contributed by atoms with Gasteiger partial charge in [0.1, 0.15) is 6.61 Å². The van der Waals surface area contributed by atoms with E-state index >= 15 is 0 Å². The van der Waals surface area contributed by atoms with Crippen molar-refractivity contribution in [1.82, 2.24) is 0 Å². The number of hydrogen-bond donors (Lipinski definition) is 1. The zero-order chi connectivity index (χ0) is 7.98. The van der Waals surface area contributed by atoms with Crippen LogP contribution in [0.25, 0.3) is 0 Å². The number of ether oxygens (including phenoxy) is 2. The van der Waals surface area contributed by atoms with Crippen LogP contribution in [0.15, 0.2) is 0 Å². The molecule has 0 saturated heterocycles. The van der Waals surface area contributed by atoms with Crippen molar-refractivity contribution in [2.75, 3.05) is 13.2 Å². The maximum Gasteiger partial charge on any atom is 0.505 e. The van der Waals surface area contributed by atoms with Gasteiger partial charge in [0.25, 0.3) is 0 Å². The highest BCUT2D eigenvalue weighted by Crippen LogP contribution is 1.86. The van der Waals surface area contributed by atoms with Gasteiger partial charge in [-0.1, -0.05) is 0 Å². The van der Waals surface area contributed by atoms with Crippen molar-refractivity contribution in [1.29, 1.82) is 0 Å². The lowest BCUT2D eigenvalue weighted by Crippen LogP contribution is -2.11. The number of carbonyl (C=O) groups is 1. The molecule has 0 saturated carbocycles. The van der Waals surface area contributed by atoms with Gasteiger partial charge in [-0.25, -0.2) is 4.79 Å². The molecule has 68 valence electrons. The minimum Gasteiger partial charge on any atom is -0.450 e. The molecule has 0 rings (SSSR count). The largest absolute Gasteiger partial charge is 0.505 e. The topological polar surface area (TPSA) is 55.8 Å². The van der Waals surface area contributed by atoms with E-state index in [1.54, 1.807) is 0 Å². The monoisotopic (exact) mass is 184 g/mol. The van der Waals surface area contributed by atoms with Gasteiger partial charge in [-0.2, -0.15) is 0 Å².